The number of aliphatic hydroxyl groups is 2. The number of carbonyl (C=O) groups is 2. The SMILES string of the molecule is O=C1CC(c2ccccc2)(C2(c3ccccc3)Oc3ccccc3C(=O)C2(O)O)Oc2ccccc21. The van der Waals surface area contributed by atoms with Gasteiger partial charge in [0.05, 0.1) is 17.5 Å². The van der Waals surface area contributed by atoms with Gasteiger partial charge in [-0.2, -0.15) is 0 Å². The highest BCUT2D eigenvalue weighted by atomic mass is 16.6. The monoisotopic (exact) mass is 478 g/mol. The smallest absolute Gasteiger partial charge is 0.279 e. The van der Waals surface area contributed by atoms with Crippen LogP contribution in [0.3, 0.4) is 0 Å². The molecule has 6 heteroatoms. The summed E-state index contributed by atoms with van der Waals surface area (Å²) < 4.78 is 13.2. The number of Topliss-reactive ketones (excluding diaryl/α,β-unsaturated/α-hetero) is 2. The van der Waals surface area contributed by atoms with E-state index in [-0.39, 0.29) is 34.8 Å². The summed E-state index contributed by atoms with van der Waals surface area (Å²) in [7, 11) is 0. The quantitative estimate of drug-likeness (QED) is 0.424. The van der Waals surface area contributed by atoms with E-state index in [0.717, 1.165) is 0 Å². The number of fused-ring (bicyclic) bond motifs is 2. The van der Waals surface area contributed by atoms with Gasteiger partial charge in [0.2, 0.25) is 11.4 Å². The summed E-state index contributed by atoms with van der Waals surface area (Å²) >= 11 is 0. The fraction of sp³-hybridized carbons (Fsp3) is 0.133. The van der Waals surface area contributed by atoms with E-state index in [0.29, 0.717) is 11.1 Å². The molecule has 6 nitrogen and oxygen atoms in total. The highest BCUT2D eigenvalue weighted by molar-refractivity contribution is 6.06. The maximum Gasteiger partial charge on any atom is 0.279 e. The maximum absolute atomic E-state index is 13.8. The molecular weight excluding hydrogens is 456 g/mol. The summed E-state index contributed by atoms with van der Waals surface area (Å²) in [5, 5.41) is 23.7. The molecule has 2 aliphatic rings. The molecule has 0 bridgehead atoms. The van der Waals surface area contributed by atoms with Crippen LogP contribution in [-0.2, 0) is 11.2 Å². The Hall–Kier alpha value is -4.26. The van der Waals surface area contributed by atoms with Crippen LogP contribution in [0.1, 0.15) is 38.3 Å². The lowest BCUT2D eigenvalue weighted by Crippen LogP contribution is -2.73. The zero-order valence-corrected chi connectivity index (χ0v) is 19.1. The van der Waals surface area contributed by atoms with E-state index >= 15 is 0 Å². The van der Waals surface area contributed by atoms with Crippen LogP contribution in [-0.4, -0.2) is 27.6 Å². The molecule has 2 aliphatic heterocycles. The van der Waals surface area contributed by atoms with Crippen LogP contribution in [0.25, 0.3) is 0 Å². The molecule has 0 saturated heterocycles. The third kappa shape index (κ3) is 2.86. The number of benzene rings is 4. The first-order valence-electron chi connectivity index (χ1n) is 11.6. The summed E-state index contributed by atoms with van der Waals surface area (Å²) in [5.74, 6) is -3.90. The number of ketones is 2. The Morgan fingerprint density at radius 2 is 1.08 bits per heavy atom. The average Bonchev–Trinajstić information content (AvgIpc) is 2.91. The molecule has 0 radical (unpaired) electrons. The number of para-hydroxylation sites is 2. The third-order valence-corrected chi connectivity index (χ3v) is 7.07. The molecule has 2 unspecified atom stereocenters. The van der Waals surface area contributed by atoms with Gasteiger partial charge in [0, 0.05) is 11.1 Å². The lowest BCUT2D eigenvalue weighted by Gasteiger charge is -2.56. The van der Waals surface area contributed by atoms with Gasteiger partial charge in [-0.05, 0) is 24.3 Å². The Balaban J connectivity index is 1.75. The summed E-state index contributed by atoms with van der Waals surface area (Å²) in [6.07, 6.45) is -0.304. The summed E-state index contributed by atoms with van der Waals surface area (Å²) in [5.41, 5.74) is -2.95. The van der Waals surface area contributed by atoms with Crippen LogP contribution in [0, 0.1) is 0 Å². The number of carbonyl (C=O) groups excluding carboxylic acids is 2. The first kappa shape index (κ1) is 22.2. The Labute approximate surface area is 207 Å². The van der Waals surface area contributed by atoms with Gasteiger partial charge in [0.15, 0.2) is 11.4 Å². The average molecular weight is 479 g/mol. The number of hydrogen-bond acceptors (Lipinski definition) is 6. The van der Waals surface area contributed by atoms with Crippen molar-refractivity contribution >= 4 is 11.6 Å². The second-order valence-corrected chi connectivity index (χ2v) is 9.04. The van der Waals surface area contributed by atoms with Crippen molar-refractivity contribution in [3.05, 3.63) is 131 Å². The number of ether oxygens (including phenoxy) is 2. The number of hydrogen-bond donors (Lipinski definition) is 2. The van der Waals surface area contributed by atoms with Crippen molar-refractivity contribution in [1.82, 2.24) is 0 Å². The van der Waals surface area contributed by atoms with Crippen LogP contribution >= 0.6 is 0 Å². The Bertz CT molecular complexity index is 1480. The highest BCUT2D eigenvalue weighted by Gasteiger charge is 2.74. The van der Waals surface area contributed by atoms with Gasteiger partial charge in [-0.15, -0.1) is 0 Å². The molecule has 0 aromatic heterocycles. The van der Waals surface area contributed by atoms with Crippen molar-refractivity contribution in [1.29, 1.82) is 0 Å². The standard InChI is InChI=1S/C30H22O6/c31-24-19-28(20-11-3-1-4-12-20,35-25-17-9-7-15-22(24)25)29(21-13-5-2-6-14-21)30(33,34)27(32)23-16-8-10-18-26(23)36-29/h1-18,33-34H,19H2. The predicted octanol–water partition coefficient (Wildman–Crippen LogP) is 4.40. The van der Waals surface area contributed by atoms with Gasteiger partial charge in [-0.25, -0.2) is 0 Å². The molecule has 0 fully saturated rings. The van der Waals surface area contributed by atoms with E-state index in [4.69, 9.17) is 9.47 Å². The first-order valence-corrected chi connectivity index (χ1v) is 11.6. The van der Waals surface area contributed by atoms with Gasteiger partial charge in [-0.1, -0.05) is 84.9 Å². The lowest BCUT2D eigenvalue weighted by atomic mass is 9.62. The topological polar surface area (TPSA) is 93.1 Å². The predicted molar refractivity (Wildman–Crippen MR) is 131 cm³/mol. The van der Waals surface area contributed by atoms with Crippen LogP contribution in [0.2, 0.25) is 0 Å². The second kappa shape index (κ2) is 7.88. The normalized spacial score (nSPS) is 24.2. The molecule has 178 valence electrons. The molecule has 0 spiro atoms. The van der Waals surface area contributed by atoms with Gasteiger partial charge in [0.1, 0.15) is 11.5 Å². The lowest BCUT2D eigenvalue weighted by molar-refractivity contribution is -0.297. The fourth-order valence-electron chi connectivity index (χ4n) is 5.46. The van der Waals surface area contributed by atoms with E-state index in [1.165, 1.54) is 6.07 Å². The van der Waals surface area contributed by atoms with Crippen molar-refractivity contribution in [2.24, 2.45) is 0 Å². The highest BCUT2D eigenvalue weighted by Crippen LogP contribution is 2.59. The molecule has 0 saturated carbocycles. The third-order valence-electron chi connectivity index (χ3n) is 7.07. The van der Waals surface area contributed by atoms with Crippen molar-refractivity contribution < 1.29 is 29.3 Å². The molecule has 0 aliphatic carbocycles. The van der Waals surface area contributed by atoms with Crippen molar-refractivity contribution in [3.8, 4) is 11.5 Å². The summed E-state index contributed by atoms with van der Waals surface area (Å²) in [4.78, 5) is 27.4. The molecule has 4 aromatic rings. The van der Waals surface area contributed by atoms with Gasteiger partial charge < -0.3 is 19.7 Å². The molecule has 2 atom stereocenters. The Morgan fingerprint density at radius 1 is 0.583 bits per heavy atom. The molecular formula is C30H22O6. The molecule has 36 heavy (non-hydrogen) atoms. The minimum absolute atomic E-state index is 0.0276. The minimum Gasteiger partial charge on any atom is -0.476 e. The Morgan fingerprint density at radius 3 is 1.72 bits per heavy atom. The van der Waals surface area contributed by atoms with E-state index in [2.05, 4.69) is 0 Å². The van der Waals surface area contributed by atoms with Gasteiger partial charge in [0.25, 0.3) is 5.79 Å². The Kier molecular flexibility index (Phi) is 4.86. The van der Waals surface area contributed by atoms with Crippen molar-refractivity contribution in [2.45, 2.75) is 23.4 Å². The zero-order valence-electron chi connectivity index (χ0n) is 19.1. The van der Waals surface area contributed by atoms with Crippen molar-refractivity contribution in [3.63, 3.8) is 0 Å². The van der Waals surface area contributed by atoms with E-state index in [1.54, 1.807) is 103 Å². The largest absolute Gasteiger partial charge is 0.476 e. The van der Waals surface area contributed by atoms with Crippen LogP contribution in [0.15, 0.2) is 109 Å². The van der Waals surface area contributed by atoms with Gasteiger partial charge >= 0.3 is 0 Å². The molecule has 6 rings (SSSR count). The van der Waals surface area contributed by atoms with Crippen LogP contribution < -0.4 is 9.47 Å². The summed E-state index contributed by atoms with van der Waals surface area (Å²) in [6, 6.07) is 30.4. The zero-order chi connectivity index (χ0) is 25.0. The van der Waals surface area contributed by atoms with Gasteiger partial charge in [-0.3, -0.25) is 9.59 Å². The van der Waals surface area contributed by atoms with E-state index in [9.17, 15) is 19.8 Å². The molecule has 4 aromatic carbocycles. The first-order chi connectivity index (χ1) is 17.4. The van der Waals surface area contributed by atoms with E-state index in [1.807, 2.05) is 0 Å². The van der Waals surface area contributed by atoms with Crippen LogP contribution in [0.5, 0.6) is 11.5 Å². The minimum atomic E-state index is -3.11. The summed E-state index contributed by atoms with van der Waals surface area (Å²) in [6.45, 7) is 0. The molecule has 0 amide bonds. The molecule has 2 heterocycles. The van der Waals surface area contributed by atoms with E-state index < -0.39 is 22.8 Å². The van der Waals surface area contributed by atoms with Crippen molar-refractivity contribution in [2.75, 3.05) is 0 Å². The number of rotatable bonds is 3. The fourth-order valence-corrected chi connectivity index (χ4v) is 5.46. The second-order valence-electron chi connectivity index (χ2n) is 9.04. The molecule has 2 N–H and O–H groups in total. The van der Waals surface area contributed by atoms with Crippen LogP contribution in [0.4, 0.5) is 0 Å². The maximum atomic E-state index is 13.8.